The molecule has 0 N–H and O–H groups in total. The van der Waals surface area contributed by atoms with Crippen molar-refractivity contribution in [1.82, 2.24) is 9.21 Å². The first-order valence-corrected chi connectivity index (χ1v) is 9.56. The van der Waals surface area contributed by atoms with Gasteiger partial charge in [0.1, 0.15) is 5.75 Å². The summed E-state index contributed by atoms with van der Waals surface area (Å²) in [5, 5.41) is 0. The summed E-state index contributed by atoms with van der Waals surface area (Å²) in [5.41, 5.74) is 0.957. The van der Waals surface area contributed by atoms with Gasteiger partial charge in [-0.2, -0.15) is 4.31 Å². The van der Waals surface area contributed by atoms with Crippen LogP contribution in [0, 0.1) is 11.6 Å². The highest BCUT2D eigenvalue weighted by atomic mass is 32.2. The maximum Gasteiger partial charge on any atom is 0.243 e. The minimum atomic E-state index is -3.90. The molecule has 1 saturated heterocycles. The lowest BCUT2D eigenvalue weighted by Crippen LogP contribution is -2.48. The van der Waals surface area contributed by atoms with Gasteiger partial charge in [-0.3, -0.25) is 4.90 Å². The molecule has 0 radical (unpaired) electrons. The molecule has 1 atom stereocenters. The third-order valence-corrected chi connectivity index (χ3v) is 6.50. The van der Waals surface area contributed by atoms with E-state index in [1.807, 2.05) is 31.3 Å². The average molecular weight is 382 g/mol. The molecule has 1 fully saturated rings. The number of likely N-dealkylation sites (N-methyl/N-ethyl adjacent to an activating group) is 1. The van der Waals surface area contributed by atoms with Crippen LogP contribution >= 0.6 is 0 Å². The first-order chi connectivity index (χ1) is 12.3. The number of methoxy groups -OCH3 is 1. The summed E-state index contributed by atoms with van der Waals surface area (Å²) in [6, 6.07) is 9.95. The van der Waals surface area contributed by atoms with Crippen molar-refractivity contribution < 1.29 is 21.9 Å². The van der Waals surface area contributed by atoms with Crippen LogP contribution in [0.15, 0.2) is 47.4 Å². The number of nitrogens with zero attached hydrogens (tertiary/aromatic N) is 2. The minimum absolute atomic E-state index is 0.144. The first-order valence-electron chi connectivity index (χ1n) is 8.12. The fourth-order valence-electron chi connectivity index (χ4n) is 3.04. The van der Waals surface area contributed by atoms with Crippen LogP contribution in [-0.2, 0) is 10.0 Å². The lowest BCUT2D eigenvalue weighted by molar-refractivity contribution is 0.148. The van der Waals surface area contributed by atoms with Gasteiger partial charge in [0.2, 0.25) is 10.0 Å². The molecule has 0 unspecified atom stereocenters. The van der Waals surface area contributed by atoms with E-state index in [4.69, 9.17) is 4.74 Å². The van der Waals surface area contributed by atoms with Crippen molar-refractivity contribution in [1.29, 1.82) is 0 Å². The Balaban J connectivity index is 1.87. The number of piperazine rings is 1. The highest BCUT2D eigenvalue weighted by molar-refractivity contribution is 7.89. The summed E-state index contributed by atoms with van der Waals surface area (Å²) in [7, 11) is -0.395. The Morgan fingerprint density at radius 3 is 2.35 bits per heavy atom. The topological polar surface area (TPSA) is 49.9 Å². The summed E-state index contributed by atoms with van der Waals surface area (Å²) >= 11 is 0. The number of benzene rings is 2. The monoisotopic (exact) mass is 382 g/mol. The average Bonchev–Trinajstić information content (AvgIpc) is 2.64. The van der Waals surface area contributed by atoms with E-state index < -0.39 is 21.7 Å². The molecule has 1 aliphatic heterocycles. The van der Waals surface area contributed by atoms with Crippen LogP contribution in [0.3, 0.4) is 0 Å². The summed E-state index contributed by atoms with van der Waals surface area (Å²) < 4.78 is 58.7. The molecule has 1 aliphatic rings. The molecule has 26 heavy (non-hydrogen) atoms. The van der Waals surface area contributed by atoms with E-state index in [1.165, 1.54) is 4.31 Å². The van der Waals surface area contributed by atoms with Crippen molar-refractivity contribution in [2.24, 2.45) is 0 Å². The highest BCUT2D eigenvalue weighted by Gasteiger charge is 2.33. The van der Waals surface area contributed by atoms with Crippen LogP contribution in [-0.4, -0.2) is 51.4 Å². The highest BCUT2D eigenvalue weighted by Crippen LogP contribution is 2.29. The van der Waals surface area contributed by atoms with Gasteiger partial charge < -0.3 is 4.74 Å². The number of halogens is 2. The third kappa shape index (κ3) is 3.58. The van der Waals surface area contributed by atoms with Gasteiger partial charge in [-0.15, -0.1) is 0 Å². The van der Waals surface area contributed by atoms with E-state index in [0.717, 1.165) is 29.5 Å². The molecule has 0 spiro atoms. The second-order valence-electron chi connectivity index (χ2n) is 6.21. The standard InChI is InChI=1S/C18H20F2N2O3S/c1-21-9-10-22(12-18(21)13-3-5-14(25-2)6-4-13)26(23,24)15-7-8-16(19)17(20)11-15/h3-8,11,18H,9-10,12H2,1-2H3/t18-/m1/s1. The molecule has 2 aromatic rings. The molecular weight excluding hydrogens is 362 g/mol. The molecule has 140 valence electrons. The molecule has 2 aromatic carbocycles. The van der Waals surface area contributed by atoms with E-state index in [9.17, 15) is 17.2 Å². The molecular formula is C18H20F2N2O3S. The molecule has 0 saturated carbocycles. The lowest BCUT2D eigenvalue weighted by atomic mass is 10.0. The largest absolute Gasteiger partial charge is 0.497 e. The molecule has 0 bridgehead atoms. The molecule has 0 aliphatic carbocycles. The van der Waals surface area contributed by atoms with Crippen molar-refractivity contribution in [3.05, 3.63) is 59.7 Å². The van der Waals surface area contributed by atoms with Crippen LogP contribution in [0.1, 0.15) is 11.6 Å². The smallest absolute Gasteiger partial charge is 0.243 e. The Bertz CT molecular complexity index is 888. The molecule has 8 heteroatoms. The van der Waals surface area contributed by atoms with Crippen molar-refractivity contribution >= 4 is 10.0 Å². The van der Waals surface area contributed by atoms with Crippen LogP contribution in [0.2, 0.25) is 0 Å². The first kappa shape index (κ1) is 18.8. The zero-order valence-corrected chi connectivity index (χ0v) is 15.3. The van der Waals surface area contributed by atoms with Crippen LogP contribution in [0.25, 0.3) is 0 Å². The number of rotatable bonds is 4. The summed E-state index contributed by atoms with van der Waals surface area (Å²) in [6.45, 7) is 1.04. The van der Waals surface area contributed by atoms with Gasteiger partial charge in [0.25, 0.3) is 0 Å². The van der Waals surface area contributed by atoms with Crippen molar-refractivity contribution in [3.63, 3.8) is 0 Å². The Hall–Kier alpha value is -2.03. The van der Waals surface area contributed by atoms with Gasteiger partial charge in [0.15, 0.2) is 11.6 Å². The quantitative estimate of drug-likeness (QED) is 0.816. The molecule has 3 rings (SSSR count). The van der Waals surface area contributed by atoms with Crippen LogP contribution in [0.5, 0.6) is 5.75 Å². The predicted molar refractivity (Wildman–Crippen MR) is 93.5 cm³/mol. The maximum atomic E-state index is 13.5. The van der Waals surface area contributed by atoms with Crippen molar-refractivity contribution in [3.8, 4) is 5.75 Å². The van der Waals surface area contributed by atoms with E-state index in [-0.39, 0.29) is 24.0 Å². The SMILES string of the molecule is COc1ccc([C@H]2CN(S(=O)(=O)c3ccc(F)c(F)c3)CCN2C)cc1. The van der Waals surface area contributed by atoms with E-state index in [0.29, 0.717) is 6.54 Å². The normalized spacial score (nSPS) is 19.5. The Labute approximate surface area is 151 Å². The number of hydrogen-bond donors (Lipinski definition) is 0. The molecule has 5 nitrogen and oxygen atoms in total. The third-order valence-electron chi connectivity index (χ3n) is 4.64. The van der Waals surface area contributed by atoms with Gasteiger partial charge in [-0.25, -0.2) is 17.2 Å². The number of ether oxygens (including phenoxy) is 1. The van der Waals surface area contributed by atoms with E-state index in [2.05, 4.69) is 4.90 Å². The van der Waals surface area contributed by atoms with Crippen molar-refractivity contribution in [2.75, 3.05) is 33.8 Å². The summed E-state index contributed by atoms with van der Waals surface area (Å²) in [4.78, 5) is 1.83. The zero-order chi connectivity index (χ0) is 18.9. The fourth-order valence-corrected chi connectivity index (χ4v) is 4.49. The fraction of sp³-hybridized carbons (Fsp3) is 0.333. The van der Waals surface area contributed by atoms with Crippen LogP contribution in [0.4, 0.5) is 8.78 Å². The van der Waals surface area contributed by atoms with Gasteiger partial charge in [-0.1, -0.05) is 12.1 Å². The second-order valence-corrected chi connectivity index (χ2v) is 8.15. The maximum absolute atomic E-state index is 13.5. The van der Waals surface area contributed by atoms with Gasteiger partial charge in [-0.05, 0) is 42.9 Å². The zero-order valence-electron chi connectivity index (χ0n) is 14.5. The molecule has 0 amide bonds. The van der Waals surface area contributed by atoms with Gasteiger partial charge >= 0.3 is 0 Å². The number of sulfonamides is 1. The van der Waals surface area contributed by atoms with E-state index >= 15 is 0 Å². The second kappa shape index (κ2) is 7.30. The van der Waals surface area contributed by atoms with Gasteiger partial charge in [0, 0.05) is 25.7 Å². The van der Waals surface area contributed by atoms with Crippen molar-refractivity contribution in [2.45, 2.75) is 10.9 Å². The van der Waals surface area contributed by atoms with Gasteiger partial charge in [0.05, 0.1) is 12.0 Å². The minimum Gasteiger partial charge on any atom is -0.497 e. The molecule has 0 aromatic heterocycles. The summed E-state index contributed by atoms with van der Waals surface area (Å²) in [5.74, 6) is -1.52. The Morgan fingerprint density at radius 2 is 1.73 bits per heavy atom. The Kier molecular flexibility index (Phi) is 5.27. The van der Waals surface area contributed by atoms with E-state index in [1.54, 1.807) is 7.11 Å². The Morgan fingerprint density at radius 1 is 1.04 bits per heavy atom. The lowest BCUT2D eigenvalue weighted by Gasteiger charge is -2.39. The predicted octanol–water partition coefficient (Wildman–Crippen LogP) is 2.65. The number of hydrogen-bond acceptors (Lipinski definition) is 4. The molecule has 1 heterocycles. The summed E-state index contributed by atoms with van der Waals surface area (Å²) in [6.07, 6.45) is 0. The van der Waals surface area contributed by atoms with Crippen LogP contribution < -0.4 is 4.74 Å².